The summed E-state index contributed by atoms with van der Waals surface area (Å²) in [5, 5.41) is 0. The number of hydrogen-bond acceptors (Lipinski definition) is 6. The minimum Gasteiger partial charge on any atom is -0.463 e. The molecule has 0 heterocycles. The van der Waals surface area contributed by atoms with E-state index in [2.05, 4.69) is 78.6 Å². The van der Waals surface area contributed by atoms with Crippen molar-refractivity contribution in [2.75, 3.05) is 6.61 Å². The topological polar surface area (TPSA) is 63.2 Å². The summed E-state index contributed by atoms with van der Waals surface area (Å²) in [6.45, 7) is 27.2. The first-order chi connectivity index (χ1) is 12.3. The van der Waals surface area contributed by atoms with Crippen LogP contribution < -0.4 is 0 Å². The molecule has 0 atom stereocenters. The summed E-state index contributed by atoms with van der Waals surface area (Å²) in [5.41, 5.74) is 0. The van der Waals surface area contributed by atoms with Gasteiger partial charge < -0.3 is 21.2 Å². The molecule has 0 radical (unpaired) electrons. The first-order valence-corrected chi connectivity index (χ1v) is 24.9. The third-order valence-electron chi connectivity index (χ3n) is 3.39. The average molecular weight is 483 g/mol. The summed E-state index contributed by atoms with van der Waals surface area (Å²) in [4.78, 5) is 11.1. The van der Waals surface area contributed by atoms with E-state index in [-0.39, 0.29) is 5.97 Å². The van der Waals surface area contributed by atoms with Gasteiger partial charge in [-0.05, 0) is 84.5 Å². The Morgan fingerprint density at radius 1 is 0.750 bits per heavy atom. The van der Waals surface area contributed by atoms with Gasteiger partial charge in [-0.25, -0.2) is 4.79 Å². The van der Waals surface area contributed by atoms with Crippen LogP contribution in [0.15, 0.2) is 12.7 Å². The van der Waals surface area contributed by atoms with Crippen LogP contribution in [-0.4, -0.2) is 54.9 Å². The standard InChI is InChI=1S/C17H42O6Si5/c1-13-17(18)19-15-14-16-25(5,6)21-27(9,10)23-28(11,12)22-26(7,8)20-24(2,3)4/h13H,1,14-16H2,2-12H3. The quantitative estimate of drug-likeness (QED) is 0.153. The van der Waals surface area contributed by atoms with Crippen molar-refractivity contribution in [3.05, 3.63) is 12.7 Å². The highest BCUT2D eigenvalue weighted by atomic mass is 28.5. The van der Waals surface area contributed by atoms with Crippen molar-refractivity contribution in [2.24, 2.45) is 0 Å². The van der Waals surface area contributed by atoms with Gasteiger partial charge >= 0.3 is 31.7 Å². The second kappa shape index (κ2) is 10.4. The Morgan fingerprint density at radius 2 is 1.18 bits per heavy atom. The maximum Gasteiger partial charge on any atom is 0.330 e. The molecule has 0 aliphatic carbocycles. The molecule has 28 heavy (non-hydrogen) atoms. The maximum atomic E-state index is 11.1. The van der Waals surface area contributed by atoms with Crippen LogP contribution in [0.4, 0.5) is 0 Å². The van der Waals surface area contributed by atoms with Crippen molar-refractivity contribution in [3.8, 4) is 0 Å². The van der Waals surface area contributed by atoms with E-state index in [1.165, 1.54) is 6.08 Å². The zero-order valence-electron chi connectivity index (χ0n) is 19.9. The van der Waals surface area contributed by atoms with E-state index in [0.29, 0.717) is 6.61 Å². The van der Waals surface area contributed by atoms with Crippen molar-refractivity contribution >= 4 is 48.3 Å². The minimum atomic E-state index is -2.39. The highest BCUT2D eigenvalue weighted by Crippen LogP contribution is 2.27. The van der Waals surface area contributed by atoms with E-state index in [9.17, 15) is 4.79 Å². The summed E-state index contributed by atoms with van der Waals surface area (Å²) in [7, 11) is -10.6. The van der Waals surface area contributed by atoms with Crippen LogP contribution in [0.2, 0.25) is 78.1 Å². The normalized spacial score (nSPS) is 14.1. The highest BCUT2D eigenvalue weighted by molar-refractivity contribution is 6.90. The molecule has 0 N–H and O–H groups in total. The second-order valence-electron chi connectivity index (χ2n) is 9.95. The largest absolute Gasteiger partial charge is 0.463 e. The monoisotopic (exact) mass is 482 g/mol. The molecule has 11 heteroatoms. The fourth-order valence-electron chi connectivity index (χ4n) is 3.43. The second-order valence-corrected chi connectivity index (χ2v) is 29.9. The SMILES string of the molecule is C=CC(=O)OCCC[Si](C)(C)O[Si](C)(C)O[Si](C)(C)O[Si](C)(C)O[Si](C)(C)C. The van der Waals surface area contributed by atoms with Gasteiger partial charge in [0.15, 0.2) is 16.6 Å². The molecule has 0 aliphatic rings. The molecule has 0 fully saturated rings. The van der Waals surface area contributed by atoms with Crippen molar-refractivity contribution in [3.63, 3.8) is 0 Å². The zero-order chi connectivity index (χ0) is 22.4. The van der Waals surface area contributed by atoms with Gasteiger partial charge in [0.05, 0.1) is 6.61 Å². The molecule has 0 saturated carbocycles. The van der Waals surface area contributed by atoms with E-state index in [1.54, 1.807) is 0 Å². The lowest BCUT2D eigenvalue weighted by Crippen LogP contribution is -2.58. The lowest BCUT2D eigenvalue weighted by atomic mass is 10.5. The van der Waals surface area contributed by atoms with E-state index in [4.69, 9.17) is 21.2 Å². The van der Waals surface area contributed by atoms with Crippen LogP contribution in [0.1, 0.15) is 6.42 Å². The number of ether oxygens (including phenoxy) is 1. The Balaban J connectivity index is 4.77. The molecule has 0 bridgehead atoms. The Morgan fingerprint density at radius 3 is 1.61 bits per heavy atom. The summed E-state index contributed by atoms with van der Waals surface area (Å²) in [6, 6.07) is 0.902. The lowest BCUT2D eigenvalue weighted by Gasteiger charge is -2.42. The van der Waals surface area contributed by atoms with Gasteiger partial charge in [0.1, 0.15) is 0 Å². The fraction of sp³-hybridized carbons (Fsp3) is 0.824. The summed E-state index contributed by atoms with van der Waals surface area (Å²) in [5.74, 6) is -0.379. The summed E-state index contributed by atoms with van der Waals surface area (Å²) >= 11 is 0. The summed E-state index contributed by atoms with van der Waals surface area (Å²) in [6.07, 6.45) is 1.97. The van der Waals surface area contributed by atoms with Crippen molar-refractivity contribution < 1.29 is 26.0 Å². The molecule has 166 valence electrons. The van der Waals surface area contributed by atoms with Gasteiger partial charge in [0.25, 0.3) is 0 Å². The van der Waals surface area contributed by atoms with Gasteiger partial charge in [0, 0.05) is 6.08 Å². The van der Waals surface area contributed by atoms with Crippen LogP contribution in [-0.2, 0) is 26.0 Å². The van der Waals surface area contributed by atoms with Crippen molar-refractivity contribution in [1.29, 1.82) is 0 Å². The summed E-state index contributed by atoms with van der Waals surface area (Å²) < 4.78 is 30.9. The number of carbonyl (C=O) groups excluding carboxylic acids is 1. The fourth-order valence-corrected chi connectivity index (χ4v) is 27.2. The molecule has 0 spiro atoms. The first kappa shape index (κ1) is 28.1. The van der Waals surface area contributed by atoms with E-state index >= 15 is 0 Å². The molecule has 0 aromatic heterocycles. The Kier molecular flexibility index (Phi) is 10.5. The molecule has 0 unspecified atom stereocenters. The molecule has 0 aliphatic heterocycles. The number of esters is 1. The van der Waals surface area contributed by atoms with Gasteiger partial charge in [0.2, 0.25) is 0 Å². The predicted molar refractivity (Wildman–Crippen MR) is 128 cm³/mol. The highest BCUT2D eigenvalue weighted by Gasteiger charge is 2.45. The van der Waals surface area contributed by atoms with Crippen molar-refractivity contribution in [1.82, 2.24) is 0 Å². The molecule has 0 rings (SSSR count). The van der Waals surface area contributed by atoms with Crippen molar-refractivity contribution in [2.45, 2.75) is 84.5 Å². The third kappa shape index (κ3) is 14.2. The molecule has 0 saturated heterocycles. The Hall–Kier alpha value is 0.134. The number of carbonyl (C=O) groups is 1. The predicted octanol–water partition coefficient (Wildman–Crippen LogP) is 5.32. The smallest absolute Gasteiger partial charge is 0.330 e. The molecule has 0 amide bonds. The first-order valence-electron chi connectivity index (χ1n) is 9.88. The molecule has 6 nitrogen and oxygen atoms in total. The molecule has 0 aromatic carbocycles. The molecular weight excluding hydrogens is 441 g/mol. The van der Waals surface area contributed by atoms with E-state index < -0.39 is 42.3 Å². The van der Waals surface area contributed by atoms with Gasteiger partial charge in [-0.3, -0.25) is 0 Å². The van der Waals surface area contributed by atoms with Gasteiger partial charge in [-0.15, -0.1) is 0 Å². The van der Waals surface area contributed by atoms with Crippen LogP contribution >= 0.6 is 0 Å². The lowest BCUT2D eigenvalue weighted by molar-refractivity contribution is -0.137. The van der Waals surface area contributed by atoms with Crippen LogP contribution in [0.25, 0.3) is 0 Å². The minimum absolute atomic E-state index is 0.379. The third-order valence-corrected chi connectivity index (χ3v) is 21.4. The average Bonchev–Trinajstić information content (AvgIpc) is 2.35. The van der Waals surface area contributed by atoms with Gasteiger partial charge in [-0.1, -0.05) is 6.58 Å². The number of hydrogen-bond donors (Lipinski definition) is 0. The van der Waals surface area contributed by atoms with Crippen LogP contribution in [0.3, 0.4) is 0 Å². The zero-order valence-corrected chi connectivity index (χ0v) is 24.9. The molecule has 0 aromatic rings. The molecular formula is C17H42O6Si5. The maximum absolute atomic E-state index is 11.1. The van der Waals surface area contributed by atoms with Gasteiger partial charge in [-0.2, -0.15) is 0 Å². The Labute approximate surface area is 178 Å². The van der Waals surface area contributed by atoms with E-state index in [0.717, 1.165) is 12.5 Å². The number of rotatable bonds is 13. The Bertz CT molecular complexity index is 529. The van der Waals surface area contributed by atoms with E-state index in [1.807, 2.05) is 0 Å². The van der Waals surface area contributed by atoms with Crippen LogP contribution in [0, 0.1) is 0 Å². The van der Waals surface area contributed by atoms with Crippen LogP contribution in [0.5, 0.6) is 0 Å².